The molecule has 0 aliphatic carbocycles. The van der Waals surface area contributed by atoms with Crippen LogP contribution in [-0.2, 0) is 0 Å². The van der Waals surface area contributed by atoms with Crippen molar-refractivity contribution >= 4 is 11.8 Å². The zero-order valence-electron chi connectivity index (χ0n) is 15.9. The molecular formula is C18H22O8S. The highest BCUT2D eigenvalue weighted by molar-refractivity contribution is 7.99. The van der Waals surface area contributed by atoms with E-state index in [1.807, 2.05) is 0 Å². The lowest BCUT2D eigenvalue weighted by Gasteiger charge is -2.20. The molecule has 9 heteroatoms. The average molecular weight is 398 g/mol. The van der Waals surface area contributed by atoms with Gasteiger partial charge in [0.05, 0.1) is 42.7 Å². The van der Waals surface area contributed by atoms with E-state index in [1.54, 1.807) is 0 Å². The van der Waals surface area contributed by atoms with Crippen LogP contribution in [0.3, 0.4) is 0 Å². The van der Waals surface area contributed by atoms with Crippen molar-refractivity contribution in [3.05, 3.63) is 12.1 Å². The van der Waals surface area contributed by atoms with Gasteiger partial charge in [0, 0.05) is 12.1 Å². The number of ether oxygens (including phenoxy) is 6. The minimum Gasteiger partial charge on any atom is -0.504 e. The number of benzene rings is 2. The van der Waals surface area contributed by atoms with Crippen LogP contribution in [0.4, 0.5) is 0 Å². The first-order valence-corrected chi connectivity index (χ1v) is 8.50. The van der Waals surface area contributed by atoms with Gasteiger partial charge in [-0.25, -0.2) is 0 Å². The molecule has 8 nitrogen and oxygen atoms in total. The van der Waals surface area contributed by atoms with Crippen molar-refractivity contribution < 1.29 is 38.6 Å². The molecule has 0 saturated heterocycles. The van der Waals surface area contributed by atoms with Gasteiger partial charge in [-0.3, -0.25) is 0 Å². The Morgan fingerprint density at radius 3 is 1.15 bits per heavy atom. The van der Waals surface area contributed by atoms with E-state index in [9.17, 15) is 10.2 Å². The highest BCUT2D eigenvalue weighted by Crippen LogP contribution is 2.56. The second kappa shape index (κ2) is 8.72. The molecule has 0 aromatic heterocycles. The molecule has 2 N–H and O–H groups in total. The van der Waals surface area contributed by atoms with Crippen LogP contribution in [-0.4, -0.2) is 52.9 Å². The van der Waals surface area contributed by atoms with Crippen LogP contribution in [0, 0.1) is 0 Å². The van der Waals surface area contributed by atoms with E-state index in [1.165, 1.54) is 66.6 Å². The summed E-state index contributed by atoms with van der Waals surface area (Å²) in [6, 6.07) is 2.83. The molecule has 2 aromatic carbocycles. The number of methoxy groups -OCH3 is 6. The van der Waals surface area contributed by atoms with E-state index >= 15 is 0 Å². The van der Waals surface area contributed by atoms with Gasteiger partial charge in [-0.2, -0.15) is 0 Å². The van der Waals surface area contributed by atoms with Crippen molar-refractivity contribution in [1.29, 1.82) is 0 Å². The molecule has 2 rings (SSSR count). The fraction of sp³-hybridized carbons (Fsp3) is 0.333. The molecule has 0 fully saturated rings. The number of phenols is 2. The van der Waals surface area contributed by atoms with Gasteiger partial charge in [-0.1, -0.05) is 11.8 Å². The molecule has 0 radical (unpaired) electrons. The molecule has 0 bridgehead atoms. The Hall–Kier alpha value is -2.81. The molecule has 2 aromatic rings. The normalized spacial score (nSPS) is 10.3. The lowest BCUT2D eigenvalue weighted by Crippen LogP contribution is -1.99. The third kappa shape index (κ3) is 3.68. The summed E-state index contributed by atoms with van der Waals surface area (Å²) >= 11 is 1.19. The minimum absolute atomic E-state index is 0.127. The van der Waals surface area contributed by atoms with Crippen LogP contribution in [0.1, 0.15) is 0 Å². The average Bonchev–Trinajstić information content (AvgIpc) is 2.68. The van der Waals surface area contributed by atoms with Gasteiger partial charge >= 0.3 is 0 Å². The molecule has 0 amide bonds. The van der Waals surface area contributed by atoms with Crippen LogP contribution >= 0.6 is 11.8 Å². The zero-order valence-corrected chi connectivity index (χ0v) is 16.7. The summed E-state index contributed by atoms with van der Waals surface area (Å²) in [5.41, 5.74) is 0. The van der Waals surface area contributed by atoms with Gasteiger partial charge in [0.1, 0.15) is 21.3 Å². The van der Waals surface area contributed by atoms with Crippen molar-refractivity contribution in [2.45, 2.75) is 9.79 Å². The molecule has 0 unspecified atom stereocenters. The van der Waals surface area contributed by atoms with Crippen molar-refractivity contribution in [3.63, 3.8) is 0 Å². The van der Waals surface area contributed by atoms with E-state index < -0.39 is 0 Å². The lowest BCUT2D eigenvalue weighted by molar-refractivity contribution is 0.315. The van der Waals surface area contributed by atoms with Crippen molar-refractivity contribution in [2.24, 2.45) is 0 Å². The molecule has 27 heavy (non-hydrogen) atoms. The van der Waals surface area contributed by atoms with Crippen LogP contribution in [0.2, 0.25) is 0 Å². The third-order valence-electron chi connectivity index (χ3n) is 3.73. The maximum absolute atomic E-state index is 10.1. The summed E-state index contributed by atoms with van der Waals surface area (Å²) in [6.45, 7) is 0. The molecule has 0 saturated carbocycles. The van der Waals surface area contributed by atoms with E-state index in [0.29, 0.717) is 21.3 Å². The summed E-state index contributed by atoms with van der Waals surface area (Å²) in [4.78, 5) is 1.03. The van der Waals surface area contributed by atoms with Crippen molar-refractivity contribution in [3.8, 4) is 46.0 Å². The van der Waals surface area contributed by atoms with Crippen LogP contribution in [0.25, 0.3) is 0 Å². The van der Waals surface area contributed by atoms with E-state index in [2.05, 4.69) is 0 Å². The molecule has 148 valence electrons. The Kier molecular flexibility index (Phi) is 6.62. The Morgan fingerprint density at radius 1 is 0.556 bits per heavy atom. The van der Waals surface area contributed by atoms with E-state index in [-0.39, 0.29) is 34.5 Å². The molecule has 0 atom stereocenters. The second-order valence-electron chi connectivity index (χ2n) is 5.09. The fourth-order valence-corrected chi connectivity index (χ4v) is 3.76. The number of aromatic hydroxyl groups is 2. The molecule has 0 heterocycles. The topological polar surface area (TPSA) is 95.8 Å². The first kappa shape index (κ1) is 20.5. The van der Waals surface area contributed by atoms with Crippen molar-refractivity contribution in [2.75, 3.05) is 42.7 Å². The summed E-state index contributed by atoms with van der Waals surface area (Å²) < 4.78 is 32.2. The number of hydrogen-bond acceptors (Lipinski definition) is 9. The SMILES string of the molecule is COc1cc(O)c(OC)c(OC)c1Sc1c(OC)cc(O)c(OC)c1OC. The van der Waals surface area contributed by atoms with E-state index in [4.69, 9.17) is 28.4 Å². The predicted octanol–water partition coefficient (Wildman–Crippen LogP) is 3.30. The highest BCUT2D eigenvalue weighted by atomic mass is 32.2. The number of rotatable bonds is 8. The van der Waals surface area contributed by atoms with E-state index in [0.717, 1.165) is 0 Å². The lowest BCUT2D eigenvalue weighted by atomic mass is 10.2. The van der Waals surface area contributed by atoms with Gasteiger partial charge in [0.15, 0.2) is 23.0 Å². The zero-order chi connectivity index (χ0) is 20.1. The van der Waals surface area contributed by atoms with Gasteiger partial charge in [0.25, 0.3) is 0 Å². The van der Waals surface area contributed by atoms with Crippen molar-refractivity contribution in [1.82, 2.24) is 0 Å². The summed E-state index contributed by atoms with van der Waals surface area (Å²) in [7, 11) is 8.68. The standard InChI is InChI=1S/C18H22O8S/c1-21-11-7-9(19)13(23-3)15(25-5)17(11)27-18-12(22-2)8-10(20)14(24-4)16(18)26-6/h7-8,19-20H,1-6H3. The molecule has 0 spiro atoms. The minimum atomic E-state index is -0.127. The van der Waals surface area contributed by atoms with Crippen LogP contribution in [0.15, 0.2) is 21.9 Å². The van der Waals surface area contributed by atoms with Crippen LogP contribution in [0.5, 0.6) is 46.0 Å². The Balaban J connectivity index is 2.77. The summed E-state index contributed by atoms with van der Waals surface area (Å²) in [5, 5.41) is 20.3. The highest BCUT2D eigenvalue weighted by Gasteiger charge is 2.27. The number of phenolic OH excluding ortho intramolecular Hbond substituents is 2. The monoisotopic (exact) mass is 398 g/mol. The second-order valence-corrected chi connectivity index (χ2v) is 6.11. The first-order valence-electron chi connectivity index (χ1n) is 7.68. The van der Waals surface area contributed by atoms with Gasteiger partial charge < -0.3 is 38.6 Å². The third-order valence-corrected chi connectivity index (χ3v) is 4.92. The molecule has 0 aliphatic rings. The Bertz CT molecular complexity index is 754. The van der Waals surface area contributed by atoms with Gasteiger partial charge in [-0.05, 0) is 0 Å². The smallest absolute Gasteiger partial charge is 0.204 e. The molecule has 0 aliphatic heterocycles. The maximum atomic E-state index is 10.1. The Morgan fingerprint density at radius 2 is 0.889 bits per heavy atom. The first-order chi connectivity index (χ1) is 13.0. The Labute approximate surface area is 161 Å². The maximum Gasteiger partial charge on any atom is 0.204 e. The fourth-order valence-electron chi connectivity index (χ4n) is 2.54. The number of hydrogen-bond donors (Lipinski definition) is 2. The van der Waals surface area contributed by atoms with Crippen LogP contribution < -0.4 is 28.4 Å². The summed E-state index contributed by atoms with van der Waals surface area (Å²) in [5.74, 6) is 1.31. The predicted molar refractivity (Wildman–Crippen MR) is 99.6 cm³/mol. The largest absolute Gasteiger partial charge is 0.504 e. The quantitative estimate of drug-likeness (QED) is 0.694. The van der Waals surface area contributed by atoms with Gasteiger partial charge in [-0.15, -0.1) is 0 Å². The molecular weight excluding hydrogens is 376 g/mol. The summed E-state index contributed by atoms with van der Waals surface area (Å²) in [6.07, 6.45) is 0. The van der Waals surface area contributed by atoms with Gasteiger partial charge in [0.2, 0.25) is 11.5 Å².